The van der Waals surface area contributed by atoms with Crippen LogP contribution < -0.4 is 4.74 Å². The fraction of sp³-hybridized carbons (Fsp3) is 0.462. The molecule has 0 amide bonds. The molecule has 2 aromatic rings. The van der Waals surface area contributed by atoms with Gasteiger partial charge in [-0.2, -0.15) is 0 Å². The number of ether oxygens (including phenoxy) is 2. The van der Waals surface area contributed by atoms with Crippen molar-refractivity contribution in [3.8, 4) is 5.88 Å². The summed E-state index contributed by atoms with van der Waals surface area (Å²) < 4.78 is 12.7. The van der Waals surface area contributed by atoms with Crippen LogP contribution in [0.1, 0.15) is 11.3 Å². The maximum Gasteiger partial charge on any atom is 0.238 e. The van der Waals surface area contributed by atoms with Crippen LogP contribution in [0.3, 0.4) is 0 Å². The molecule has 0 fully saturated rings. The van der Waals surface area contributed by atoms with Crippen molar-refractivity contribution in [3.05, 3.63) is 23.5 Å². The highest BCUT2D eigenvalue weighted by atomic mass is 35.5. The SMILES string of the molecule is COCCn1c(C)c(C)c2ccnc(OC)c21.Cl. The molecule has 0 radical (unpaired) electrons. The van der Waals surface area contributed by atoms with Gasteiger partial charge < -0.3 is 14.0 Å². The summed E-state index contributed by atoms with van der Waals surface area (Å²) >= 11 is 0. The van der Waals surface area contributed by atoms with Crippen LogP contribution in [0.25, 0.3) is 10.9 Å². The Balaban J connectivity index is 0.00000162. The molecular formula is C13H19ClN2O2. The minimum atomic E-state index is 0. The van der Waals surface area contributed by atoms with Gasteiger partial charge in [-0.15, -0.1) is 12.4 Å². The summed E-state index contributed by atoms with van der Waals surface area (Å²) in [7, 11) is 3.36. The van der Waals surface area contributed by atoms with Gasteiger partial charge in [0.2, 0.25) is 5.88 Å². The zero-order chi connectivity index (χ0) is 12.4. The summed E-state index contributed by atoms with van der Waals surface area (Å²) in [5, 5.41) is 1.20. The van der Waals surface area contributed by atoms with Gasteiger partial charge in [0.1, 0.15) is 5.52 Å². The van der Waals surface area contributed by atoms with Crippen molar-refractivity contribution in [2.75, 3.05) is 20.8 Å². The molecule has 2 heterocycles. The average Bonchev–Trinajstić information content (AvgIpc) is 2.60. The molecule has 0 bridgehead atoms. The molecule has 2 rings (SSSR count). The second-order valence-corrected chi connectivity index (χ2v) is 4.07. The van der Waals surface area contributed by atoms with E-state index in [2.05, 4.69) is 23.4 Å². The molecule has 5 heteroatoms. The highest BCUT2D eigenvalue weighted by Crippen LogP contribution is 2.30. The fourth-order valence-electron chi connectivity index (χ4n) is 2.17. The highest BCUT2D eigenvalue weighted by Gasteiger charge is 2.15. The van der Waals surface area contributed by atoms with E-state index in [0.717, 1.165) is 12.1 Å². The zero-order valence-corrected chi connectivity index (χ0v) is 12.0. The number of pyridine rings is 1. The largest absolute Gasteiger partial charge is 0.479 e. The molecule has 0 aromatic carbocycles. The quantitative estimate of drug-likeness (QED) is 0.857. The molecule has 0 aliphatic carbocycles. The molecule has 18 heavy (non-hydrogen) atoms. The van der Waals surface area contributed by atoms with Crippen molar-refractivity contribution >= 4 is 23.3 Å². The molecule has 0 saturated carbocycles. The first-order chi connectivity index (χ1) is 8.20. The summed E-state index contributed by atoms with van der Waals surface area (Å²) in [6.07, 6.45) is 1.79. The first kappa shape index (κ1) is 14.8. The smallest absolute Gasteiger partial charge is 0.238 e. The van der Waals surface area contributed by atoms with Crippen molar-refractivity contribution in [1.29, 1.82) is 0 Å². The zero-order valence-electron chi connectivity index (χ0n) is 11.2. The molecule has 0 atom stereocenters. The molecular weight excluding hydrogens is 252 g/mol. The van der Waals surface area contributed by atoms with Crippen LogP contribution in [0.5, 0.6) is 5.88 Å². The molecule has 4 nitrogen and oxygen atoms in total. The van der Waals surface area contributed by atoms with Crippen LogP contribution in [0.2, 0.25) is 0 Å². The molecule has 100 valence electrons. The van der Waals surface area contributed by atoms with E-state index in [-0.39, 0.29) is 12.4 Å². The maximum absolute atomic E-state index is 5.34. The van der Waals surface area contributed by atoms with Gasteiger partial charge in [0.25, 0.3) is 0 Å². The van der Waals surface area contributed by atoms with E-state index >= 15 is 0 Å². The third-order valence-corrected chi connectivity index (χ3v) is 3.22. The minimum Gasteiger partial charge on any atom is -0.479 e. The first-order valence-electron chi connectivity index (χ1n) is 5.68. The molecule has 0 aliphatic rings. The molecule has 2 aromatic heterocycles. The Bertz CT molecular complexity index is 537. The van der Waals surface area contributed by atoms with E-state index in [4.69, 9.17) is 9.47 Å². The Morgan fingerprint density at radius 2 is 2.00 bits per heavy atom. The second-order valence-electron chi connectivity index (χ2n) is 4.07. The lowest BCUT2D eigenvalue weighted by atomic mass is 10.2. The van der Waals surface area contributed by atoms with E-state index in [1.807, 2.05) is 6.07 Å². The van der Waals surface area contributed by atoms with Crippen LogP contribution in [-0.2, 0) is 11.3 Å². The summed E-state index contributed by atoms with van der Waals surface area (Å²) in [6.45, 7) is 5.74. The van der Waals surface area contributed by atoms with Crippen LogP contribution in [0.4, 0.5) is 0 Å². The Kier molecular flexibility index (Phi) is 4.99. The van der Waals surface area contributed by atoms with Gasteiger partial charge in [-0.1, -0.05) is 0 Å². The third kappa shape index (κ3) is 2.31. The minimum absolute atomic E-state index is 0. The number of rotatable bonds is 4. The lowest BCUT2D eigenvalue weighted by Crippen LogP contribution is -2.06. The predicted molar refractivity (Wildman–Crippen MR) is 74.9 cm³/mol. The summed E-state index contributed by atoms with van der Waals surface area (Å²) in [6, 6.07) is 2.03. The van der Waals surface area contributed by atoms with Gasteiger partial charge in [-0.3, -0.25) is 0 Å². The van der Waals surface area contributed by atoms with E-state index < -0.39 is 0 Å². The van der Waals surface area contributed by atoms with Gasteiger partial charge in [-0.25, -0.2) is 4.98 Å². The lowest BCUT2D eigenvalue weighted by Gasteiger charge is -2.09. The molecule has 0 N–H and O–H groups in total. The molecule has 0 spiro atoms. The Morgan fingerprint density at radius 3 is 2.61 bits per heavy atom. The second kappa shape index (κ2) is 6.07. The van der Waals surface area contributed by atoms with Crippen LogP contribution in [0.15, 0.2) is 12.3 Å². The van der Waals surface area contributed by atoms with E-state index in [1.165, 1.54) is 16.6 Å². The summed E-state index contributed by atoms with van der Waals surface area (Å²) in [4.78, 5) is 4.26. The average molecular weight is 271 g/mol. The fourth-order valence-corrected chi connectivity index (χ4v) is 2.17. The van der Waals surface area contributed by atoms with Gasteiger partial charge in [0.15, 0.2) is 0 Å². The number of methoxy groups -OCH3 is 2. The van der Waals surface area contributed by atoms with Crippen molar-refractivity contribution in [2.45, 2.75) is 20.4 Å². The Hall–Kier alpha value is -1.26. The van der Waals surface area contributed by atoms with Gasteiger partial charge >= 0.3 is 0 Å². The maximum atomic E-state index is 5.34. The number of halogens is 1. The predicted octanol–water partition coefficient (Wildman–Crippen LogP) is 2.73. The van der Waals surface area contributed by atoms with Crippen LogP contribution in [-0.4, -0.2) is 30.4 Å². The summed E-state index contributed by atoms with van der Waals surface area (Å²) in [5.74, 6) is 0.676. The highest BCUT2D eigenvalue weighted by molar-refractivity contribution is 5.88. The topological polar surface area (TPSA) is 36.3 Å². The van der Waals surface area contributed by atoms with E-state index in [9.17, 15) is 0 Å². The van der Waals surface area contributed by atoms with Gasteiger partial charge in [0, 0.05) is 30.9 Å². The number of aryl methyl sites for hydroxylation is 1. The third-order valence-electron chi connectivity index (χ3n) is 3.22. The number of hydrogen-bond acceptors (Lipinski definition) is 3. The first-order valence-corrected chi connectivity index (χ1v) is 5.68. The van der Waals surface area contributed by atoms with Crippen molar-refractivity contribution < 1.29 is 9.47 Å². The molecule has 0 saturated heterocycles. The number of aromatic nitrogens is 2. The number of hydrogen-bond donors (Lipinski definition) is 0. The van der Waals surface area contributed by atoms with Gasteiger partial charge in [-0.05, 0) is 25.5 Å². The summed E-state index contributed by atoms with van der Waals surface area (Å²) in [5.41, 5.74) is 3.57. The molecule has 0 aliphatic heterocycles. The standard InChI is InChI=1S/C13H18N2O2.ClH/c1-9-10(2)15(7-8-16-3)12-11(9)5-6-14-13(12)17-4;/h5-6H,7-8H2,1-4H3;1H. The lowest BCUT2D eigenvalue weighted by molar-refractivity contribution is 0.187. The van der Waals surface area contributed by atoms with E-state index in [0.29, 0.717) is 12.5 Å². The number of nitrogens with zero attached hydrogens (tertiary/aromatic N) is 2. The van der Waals surface area contributed by atoms with Crippen molar-refractivity contribution in [3.63, 3.8) is 0 Å². The Morgan fingerprint density at radius 1 is 1.28 bits per heavy atom. The monoisotopic (exact) mass is 270 g/mol. The Labute approximate surface area is 113 Å². The van der Waals surface area contributed by atoms with Crippen molar-refractivity contribution in [1.82, 2.24) is 9.55 Å². The van der Waals surface area contributed by atoms with Gasteiger partial charge in [0.05, 0.1) is 13.7 Å². The molecule has 0 unspecified atom stereocenters. The number of fused-ring (bicyclic) bond motifs is 1. The van der Waals surface area contributed by atoms with Crippen LogP contribution in [0, 0.1) is 13.8 Å². The van der Waals surface area contributed by atoms with Crippen LogP contribution >= 0.6 is 12.4 Å². The normalized spacial score (nSPS) is 10.4. The van der Waals surface area contributed by atoms with E-state index in [1.54, 1.807) is 20.4 Å². The van der Waals surface area contributed by atoms with Crippen molar-refractivity contribution in [2.24, 2.45) is 0 Å².